The Hall–Kier alpha value is -3.49. The number of aromatic nitrogens is 1. The fourth-order valence-corrected chi connectivity index (χ4v) is 4.45. The van der Waals surface area contributed by atoms with Crippen LogP contribution in [0, 0.1) is 6.92 Å². The highest BCUT2D eigenvalue weighted by molar-refractivity contribution is 7.22. The lowest BCUT2D eigenvalue weighted by molar-refractivity contribution is -0.344. The van der Waals surface area contributed by atoms with Crippen molar-refractivity contribution >= 4 is 44.2 Å². The van der Waals surface area contributed by atoms with Gasteiger partial charge in [-0.3, -0.25) is 14.9 Å². The molecule has 7 nitrogen and oxygen atoms in total. The summed E-state index contributed by atoms with van der Waals surface area (Å²) in [4.78, 5) is 28.6. The average Bonchev–Trinajstić information content (AvgIpc) is 3.37. The van der Waals surface area contributed by atoms with Crippen LogP contribution in [0.3, 0.4) is 0 Å². The maximum Gasteiger partial charge on any atom is 0.460 e. The number of benzene rings is 1. The first-order valence-corrected chi connectivity index (χ1v) is 11.0. The summed E-state index contributed by atoms with van der Waals surface area (Å²) < 4.78 is 96.8. The third kappa shape index (κ3) is 4.31. The van der Waals surface area contributed by atoms with Gasteiger partial charge in [-0.1, -0.05) is 23.5 Å². The maximum absolute atomic E-state index is 13.6. The molecule has 0 spiro atoms. The van der Waals surface area contributed by atoms with Crippen LogP contribution in [-0.4, -0.2) is 40.5 Å². The number of amides is 2. The lowest BCUT2D eigenvalue weighted by Crippen LogP contribution is -2.58. The summed E-state index contributed by atoms with van der Waals surface area (Å²) in [5, 5.41) is 6.24. The summed E-state index contributed by atoms with van der Waals surface area (Å²) in [5.41, 5.74) is 2.02. The largest absolute Gasteiger partial charge is 0.460 e. The van der Waals surface area contributed by atoms with Gasteiger partial charge in [0, 0.05) is 17.5 Å². The quantitative estimate of drug-likeness (QED) is 0.335. The van der Waals surface area contributed by atoms with Crippen molar-refractivity contribution < 1.29 is 44.7 Å². The molecule has 1 aliphatic carbocycles. The molecule has 0 atom stereocenters. The van der Waals surface area contributed by atoms with E-state index in [0.717, 1.165) is 10.1 Å². The number of nitrogens with zero attached hydrogens (tertiary/aromatic N) is 2. The molecule has 1 aliphatic rings. The van der Waals surface area contributed by atoms with Crippen molar-refractivity contribution in [2.75, 3.05) is 5.32 Å². The minimum absolute atomic E-state index is 0.0494. The number of alkyl halides is 7. The van der Waals surface area contributed by atoms with E-state index in [1.807, 2.05) is 6.07 Å². The smallest absolute Gasteiger partial charge is 0.455 e. The monoisotopic (exact) mass is 536 g/mol. The first-order valence-electron chi connectivity index (χ1n) is 10.2. The number of carbonyl (C=O) groups excluding carboxylic acids is 2. The van der Waals surface area contributed by atoms with Crippen LogP contribution >= 0.6 is 11.3 Å². The Morgan fingerprint density at radius 1 is 1.08 bits per heavy atom. The molecule has 0 saturated carbocycles. The second kappa shape index (κ2) is 8.87. The van der Waals surface area contributed by atoms with Crippen LogP contribution in [0.25, 0.3) is 10.2 Å². The summed E-state index contributed by atoms with van der Waals surface area (Å²) in [6, 6.07) is 7.14. The SMILES string of the molecule is Cc1c(C(=O)Nc2nc3ccccc3s2)oc2c1/C(=N/NC(=O)C(F)(F)C(F)(F)C(F)(F)F)CCC2. The molecule has 36 heavy (non-hydrogen) atoms. The minimum Gasteiger partial charge on any atom is -0.455 e. The molecular formula is C21H15F7N4O3S. The Bertz CT molecular complexity index is 1340. The Balaban J connectivity index is 1.57. The summed E-state index contributed by atoms with van der Waals surface area (Å²) >= 11 is 1.21. The highest BCUT2D eigenvalue weighted by Crippen LogP contribution is 2.46. The summed E-state index contributed by atoms with van der Waals surface area (Å²) in [5.74, 6) is -16.3. The van der Waals surface area contributed by atoms with Crippen LogP contribution in [0.2, 0.25) is 0 Å². The van der Waals surface area contributed by atoms with E-state index < -0.39 is 29.8 Å². The number of anilines is 1. The van der Waals surface area contributed by atoms with Gasteiger partial charge >= 0.3 is 23.9 Å². The van der Waals surface area contributed by atoms with E-state index in [1.54, 1.807) is 18.2 Å². The van der Waals surface area contributed by atoms with E-state index in [-0.39, 0.29) is 39.9 Å². The van der Waals surface area contributed by atoms with Gasteiger partial charge in [-0.2, -0.15) is 35.8 Å². The van der Waals surface area contributed by atoms with Crippen molar-refractivity contribution in [1.82, 2.24) is 10.4 Å². The molecular weight excluding hydrogens is 521 g/mol. The molecule has 1 aromatic carbocycles. The van der Waals surface area contributed by atoms with E-state index >= 15 is 0 Å². The first-order chi connectivity index (χ1) is 16.7. The molecule has 2 N–H and O–H groups in total. The normalized spacial score (nSPS) is 15.7. The van der Waals surface area contributed by atoms with Crippen molar-refractivity contribution in [3.8, 4) is 0 Å². The van der Waals surface area contributed by atoms with Crippen molar-refractivity contribution in [3.63, 3.8) is 0 Å². The predicted octanol–water partition coefficient (Wildman–Crippen LogP) is 5.44. The molecule has 0 bridgehead atoms. The standard InChI is InChI=1S/C21H15F7N4O3S/c1-9-14-11(31-32-17(34)19(22,23)20(24,25)21(26,27)28)6-4-7-12(14)35-15(9)16(33)30-18-29-10-5-2-3-8-13(10)36-18/h2-3,5,8H,4,6-7H2,1H3,(H,32,34)(H,29,30,33)/b31-11+. The van der Waals surface area contributed by atoms with Crippen molar-refractivity contribution in [3.05, 3.63) is 46.9 Å². The molecule has 2 aromatic heterocycles. The third-order valence-corrected chi connectivity index (χ3v) is 6.33. The Labute approximate surface area is 201 Å². The molecule has 0 radical (unpaired) electrons. The van der Waals surface area contributed by atoms with Gasteiger partial charge in [-0.05, 0) is 31.9 Å². The number of nitrogens with one attached hydrogen (secondary N) is 2. The molecule has 15 heteroatoms. The van der Waals surface area contributed by atoms with Gasteiger partial charge < -0.3 is 4.42 Å². The number of hydrazone groups is 1. The molecule has 0 fully saturated rings. The van der Waals surface area contributed by atoms with E-state index in [9.17, 15) is 40.3 Å². The van der Waals surface area contributed by atoms with Crippen molar-refractivity contribution in [1.29, 1.82) is 0 Å². The Morgan fingerprint density at radius 2 is 1.78 bits per heavy atom. The van der Waals surface area contributed by atoms with Crippen LogP contribution in [0.4, 0.5) is 35.9 Å². The molecule has 0 saturated heterocycles. The van der Waals surface area contributed by atoms with Gasteiger partial charge in [0.25, 0.3) is 5.91 Å². The zero-order chi connectivity index (χ0) is 26.5. The number of rotatable bonds is 5. The molecule has 2 amide bonds. The lowest BCUT2D eigenvalue weighted by atomic mass is 9.93. The molecule has 192 valence electrons. The second-order valence-electron chi connectivity index (χ2n) is 7.79. The Morgan fingerprint density at radius 3 is 2.44 bits per heavy atom. The van der Waals surface area contributed by atoms with Gasteiger partial charge in [0.1, 0.15) is 5.76 Å². The zero-order valence-corrected chi connectivity index (χ0v) is 18.9. The van der Waals surface area contributed by atoms with Crippen LogP contribution in [0.1, 0.15) is 40.3 Å². The number of carbonyl (C=O) groups is 2. The Kier molecular flexibility index (Phi) is 6.31. The number of furan rings is 1. The van der Waals surface area contributed by atoms with Gasteiger partial charge in [0.2, 0.25) is 0 Å². The first kappa shape index (κ1) is 25.6. The van der Waals surface area contributed by atoms with Gasteiger partial charge in [-0.25, -0.2) is 10.4 Å². The fourth-order valence-electron chi connectivity index (χ4n) is 3.59. The number of fused-ring (bicyclic) bond motifs is 2. The van der Waals surface area contributed by atoms with Crippen LogP contribution in [-0.2, 0) is 11.2 Å². The van der Waals surface area contributed by atoms with E-state index in [2.05, 4.69) is 15.4 Å². The van der Waals surface area contributed by atoms with Crippen LogP contribution in [0.15, 0.2) is 33.8 Å². The molecule has 0 unspecified atom stereocenters. The zero-order valence-electron chi connectivity index (χ0n) is 18.1. The average molecular weight is 536 g/mol. The van der Waals surface area contributed by atoms with Crippen LogP contribution < -0.4 is 10.7 Å². The number of thiazole rings is 1. The fraction of sp³-hybridized carbons (Fsp3) is 0.333. The van der Waals surface area contributed by atoms with Gasteiger partial charge in [0.15, 0.2) is 10.9 Å². The van der Waals surface area contributed by atoms with Crippen molar-refractivity contribution in [2.24, 2.45) is 5.10 Å². The predicted molar refractivity (Wildman–Crippen MR) is 115 cm³/mol. The number of hydrogen-bond acceptors (Lipinski definition) is 6. The third-order valence-electron chi connectivity index (χ3n) is 5.37. The highest BCUT2D eigenvalue weighted by Gasteiger charge is 2.76. The number of halogens is 7. The van der Waals surface area contributed by atoms with E-state index in [1.165, 1.54) is 18.3 Å². The van der Waals surface area contributed by atoms with Gasteiger partial charge in [0.05, 0.1) is 15.9 Å². The van der Waals surface area contributed by atoms with E-state index in [0.29, 0.717) is 18.4 Å². The molecule has 4 rings (SSSR count). The number of aryl methyl sites for hydroxylation is 1. The second-order valence-corrected chi connectivity index (χ2v) is 8.83. The lowest BCUT2D eigenvalue weighted by Gasteiger charge is -2.26. The minimum atomic E-state index is -6.66. The molecule has 2 heterocycles. The summed E-state index contributed by atoms with van der Waals surface area (Å²) in [7, 11) is 0. The molecule has 3 aromatic rings. The number of para-hydroxylation sites is 1. The number of hydrogen-bond donors (Lipinski definition) is 2. The van der Waals surface area contributed by atoms with Crippen LogP contribution in [0.5, 0.6) is 0 Å². The maximum atomic E-state index is 13.6. The van der Waals surface area contributed by atoms with Crippen molar-refractivity contribution in [2.45, 2.75) is 44.2 Å². The summed E-state index contributed by atoms with van der Waals surface area (Å²) in [6.45, 7) is 1.45. The van der Waals surface area contributed by atoms with E-state index in [4.69, 9.17) is 4.42 Å². The topological polar surface area (TPSA) is 96.6 Å². The molecule has 0 aliphatic heterocycles. The summed E-state index contributed by atoms with van der Waals surface area (Å²) in [6.07, 6.45) is -5.98. The highest BCUT2D eigenvalue weighted by atomic mass is 32.1. The van der Waals surface area contributed by atoms with Gasteiger partial charge in [-0.15, -0.1) is 0 Å².